The molecule has 2 rings (SSSR count). The Hall–Kier alpha value is -0.0800. The summed E-state index contributed by atoms with van der Waals surface area (Å²) < 4.78 is 5.60. The largest absolute Gasteiger partial charge is 0.396 e. The number of rotatable bonds is 2. The quantitative estimate of drug-likeness (QED) is 0.650. The third-order valence-electron chi connectivity index (χ3n) is 3.11. The van der Waals surface area contributed by atoms with Crippen LogP contribution in [-0.2, 0) is 4.74 Å². The minimum absolute atomic E-state index is 0.321. The van der Waals surface area contributed by atoms with E-state index in [1.807, 2.05) is 0 Å². The van der Waals surface area contributed by atoms with Gasteiger partial charge in [-0.3, -0.25) is 0 Å². The van der Waals surface area contributed by atoms with Crippen LogP contribution in [0.25, 0.3) is 0 Å². The normalized spacial score (nSPS) is 39.0. The van der Waals surface area contributed by atoms with Gasteiger partial charge in [0.2, 0.25) is 0 Å². The van der Waals surface area contributed by atoms with Crippen LogP contribution in [0.2, 0.25) is 0 Å². The summed E-state index contributed by atoms with van der Waals surface area (Å²) in [6, 6.07) is 0. The number of aliphatic hydroxyl groups is 1. The van der Waals surface area contributed by atoms with Gasteiger partial charge in [0.1, 0.15) is 0 Å². The smallest absolute Gasteiger partial charge is 0.0654 e. The summed E-state index contributed by atoms with van der Waals surface area (Å²) in [5.41, 5.74) is 0. The second-order valence-corrected chi connectivity index (χ2v) is 3.76. The van der Waals surface area contributed by atoms with Crippen molar-refractivity contribution in [1.82, 2.24) is 0 Å². The van der Waals surface area contributed by atoms with Crippen LogP contribution in [0.5, 0.6) is 0 Å². The fraction of sp³-hybridized carbons (Fsp3) is 1.00. The zero-order valence-electron chi connectivity index (χ0n) is 6.83. The van der Waals surface area contributed by atoms with Gasteiger partial charge in [-0.2, -0.15) is 0 Å². The van der Waals surface area contributed by atoms with Crippen LogP contribution in [0.15, 0.2) is 0 Å². The molecule has 2 heteroatoms. The molecule has 1 aliphatic carbocycles. The van der Waals surface area contributed by atoms with Crippen molar-refractivity contribution in [2.75, 3.05) is 13.2 Å². The molecule has 0 radical (unpaired) electrons. The van der Waals surface area contributed by atoms with Gasteiger partial charge in [-0.1, -0.05) is 6.42 Å². The molecule has 1 N–H and O–H groups in total. The Bertz CT molecular complexity index is 132. The minimum atomic E-state index is 0.321. The Morgan fingerprint density at radius 1 is 1.27 bits per heavy atom. The lowest BCUT2D eigenvalue weighted by Gasteiger charge is -2.33. The molecule has 2 aliphatic rings. The third-order valence-corrected chi connectivity index (χ3v) is 3.11. The van der Waals surface area contributed by atoms with Crippen LogP contribution >= 0.6 is 0 Å². The first-order chi connectivity index (χ1) is 5.42. The van der Waals surface area contributed by atoms with E-state index in [4.69, 9.17) is 9.84 Å². The fourth-order valence-electron chi connectivity index (χ4n) is 2.14. The first-order valence-corrected chi connectivity index (χ1v) is 4.64. The molecular weight excluding hydrogens is 140 g/mol. The highest BCUT2D eigenvalue weighted by atomic mass is 16.5. The highest BCUT2D eigenvalue weighted by Gasteiger charge is 2.36. The first-order valence-electron chi connectivity index (χ1n) is 4.64. The van der Waals surface area contributed by atoms with Crippen LogP contribution in [0.3, 0.4) is 0 Å². The average Bonchev–Trinajstić information content (AvgIpc) is 2.32. The second-order valence-electron chi connectivity index (χ2n) is 3.76. The summed E-state index contributed by atoms with van der Waals surface area (Å²) in [4.78, 5) is 0. The molecule has 0 aromatic heterocycles. The monoisotopic (exact) mass is 156 g/mol. The summed E-state index contributed by atoms with van der Waals surface area (Å²) in [5.74, 6) is 1.22. The van der Waals surface area contributed by atoms with Gasteiger partial charge in [0.15, 0.2) is 0 Å². The van der Waals surface area contributed by atoms with Crippen LogP contribution in [0, 0.1) is 11.8 Å². The molecule has 1 saturated carbocycles. The average molecular weight is 156 g/mol. The van der Waals surface area contributed by atoms with Gasteiger partial charge < -0.3 is 9.84 Å². The Kier molecular flexibility index (Phi) is 2.14. The van der Waals surface area contributed by atoms with Gasteiger partial charge in [-0.15, -0.1) is 0 Å². The topological polar surface area (TPSA) is 29.5 Å². The lowest BCUT2D eigenvalue weighted by atomic mass is 9.77. The van der Waals surface area contributed by atoms with E-state index < -0.39 is 0 Å². The zero-order chi connectivity index (χ0) is 7.68. The molecule has 0 spiro atoms. The fourth-order valence-corrected chi connectivity index (χ4v) is 2.14. The van der Waals surface area contributed by atoms with Gasteiger partial charge in [-0.05, 0) is 25.2 Å². The second kappa shape index (κ2) is 3.11. The minimum Gasteiger partial charge on any atom is -0.396 e. The predicted molar refractivity (Wildman–Crippen MR) is 42.3 cm³/mol. The summed E-state index contributed by atoms with van der Waals surface area (Å²) >= 11 is 0. The molecule has 2 atom stereocenters. The maximum Gasteiger partial charge on any atom is 0.0654 e. The number of aliphatic hydroxyl groups excluding tert-OH is 1. The maximum absolute atomic E-state index is 9.02. The summed E-state index contributed by atoms with van der Waals surface area (Å²) in [6.45, 7) is 1.19. The van der Waals surface area contributed by atoms with E-state index in [-0.39, 0.29) is 0 Å². The van der Waals surface area contributed by atoms with E-state index in [1.54, 1.807) is 0 Å². The molecule has 64 valence electrons. The zero-order valence-corrected chi connectivity index (χ0v) is 6.83. The van der Waals surface area contributed by atoms with Crippen LogP contribution in [0.1, 0.15) is 25.7 Å². The molecule has 2 unspecified atom stereocenters. The highest BCUT2D eigenvalue weighted by Crippen LogP contribution is 2.38. The van der Waals surface area contributed by atoms with Gasteiger partial charge in [0, 0.05) is 19.1 Å². The first kappa shape index (κ1) is 7.56. The number of ether oxygens (including phenoxy) is 1. The van der Waals surface area contributed by atoms with Crippen molar-refractivity contribution < 1.29 is 9.84 Å². The van der Waals surface area contributed by atoms with Crippen molar-refractivity contribution in [1.29, 1.82) is 0 Å². The molecule has 1 saturated heterocycles. The van der Waals surface area contributed by atoms with E-state index in [9.17, 15) is 0 Å². The molecule has 2 fully saturated rings. The number of hydrogen-bond donors (Lipinski definition) is 1. The van der Waals surface area contributed by atoms with Crippen LogP contribution in [-0.4, -0.2) is 24.4 Å². The van der Waals surface area contributed by atoms with E-state index in [2.05, 4.69) is 0 Å². The predicted octanol–water partition coefficient (Wildman–Crippen LogP) is 1.18. The van der Waals surface area contributed by atoms with Crippen molar-refractivity contribution >= 4 is 0 Å². The molecule has 1 aliphatic heterocycles. The van der Waals surface area contributed by atoms with Crippen molar-refractivity contribution in [2.45, 2.75) is 31.8 Å². The summed E-state index contributed by atoms with van der Waals surface area (Å²) in [7, 11) is 0. The summed E-state index contributed by atoms with van der Waals surface area (Å²) in [5, 5.41) is 9.02. The lowest BCUT2D eigenvalue weighted by molar-refractivity contribution is -0.00129. The highest BCUT2D eigenvalue weighted by molar-refractivity contribution is 4.86. The van der Waals surface area contributed by atoms with Gasteiger partial charge in [-0.25, -0.2) is 0 Å². The van der Waals surface area contributed by atoms with Crippen molar-refractivity contribution in [3.05, 3.63) is 0 Å². The Balaban J connectivity index is 1.89. The van der Waals surface area contributed by atoms with E-state index in [0.717, 1.165) is 18.9 Å². The van der Waals surface area contributed by atoms with E-state index in [0.29, 0.717) is 18.6 Å². The standard InChI is InChI=1S/C9H16O2/c10-6-8-4-5-11-9(8)7-2-1-3-7/h7-10H,1-6H2. The summed E-state index contributed by atoms with van der Waals surface area (Å²) in [6.07, 6.45) is 5.47. The van der Waals surface area contributed by atoms with Crippen molar-refractivity contribution in [3.63, 3.8) is 0 Å². The van der Waals surface area contributed by atoms with Crippen LogP contribution < -0.4 is 0 Å². The van der Waals surface area contributed by atoms with Crippen molar-refractivity contribution in [2.24, 2.45) is 11.8 Å². The lowest BCUT2D eigenvalue weighted by Crippen LogP contribution is -2.32. The molecule has 11 heavy (non-hydrogen) atoms. The molecular formula is C9H16O2. The van der Waals surface area contributed by atoms with Gasteiger partial charge in [0.05, 0.1) is 6.10 Å². The molecule has 2 nitrogen and oxygen atoms in total. The van der Waals surface area contributed by atoms with Gasteiger partial charge in [0.25, 0.3) is 0 Å². The van der Waals surface area contributed by atoms with Crippen molar-refractivity contribution in [3.8, 4) is 0 Å². The third kappa shape index (κ3) is 1.30. The molecule has 0 aromatic carbocycles. The van der Waals surface area contributed by atoms with E-state index in [1.165, 1.54) is 19.3 Å². The van der Waals surface area contributed by atoms with Crippen LogP contribution in [0.4, 0.5) is 0 Å². The van der Waals surface area contributed by atoms with Gasteiger partial charge >= 0.3 is 0 Å². The SMILES string of the molecule is OCC1CCOC1C1CCC1. The Labute approximate surface area is 67.6 Å². The maximum atomic E-state index is 9.02. The molecule has 0 aromatic rings. The molecule has 1 heterocycles. The Morgan fingerprint density at radius 3 is 2.64 bits per heavy atom. The Morgan fingerprint density at radius 2 is 2.09 bits per heavy atom. The molecule has 0 bridgehead atoms. The van der Waals surface area contributed by atoms with E-state index >= 15 is 0 Å². The molecule has 0 amide bonds. The number of hydrogen-bond acceptors (Lipinski definition) is 2.